The van der Waals surface area contributed by atoms with Crippen LogP contribution in [0.2, 0.25) is 0 Å². The highest BCUT2D eigenvalue weighted by molar-refractivity contribution is 7.80. The maximum atomic E-state index is 11.1. The third kappa shape index (κ3) is 2.56. The van der Waals surface area contributed by atoms with Crippen LogP contribution in [0.5, 0.6) is 0 Å². The second-order valence-corrected chi connectivity index (χ2v) is 4.05. The molecule has 0 spiro atoms. The molecule has 1 aliphatic heterocycles. The van der Waals surface area contributed by atoms with Gasteiger partial charge in [-0.15, -0.1) is 0 Å². The zero-order valence-electron chi connectivity index (χ0n) is 9.17. The Hall–Kier alpha value is -2.02. The van der Waals surface area contributed by atoms with Crippen molar-refractivity contribution >= 4 is 34.9 Å². The highest BCUT2D eigenvalue weighted by Crippen LogP contribution is 2.11. The first kappa shape index (κ1) is 11.5. The summed E-state index contributed by atoms with van der Waals surface area (Å²) in [6, 6.07) is 3.39. The van der Waals surface area contributed by atoms with Gasteiger partial charge in [-0.05, 0) is 12.1 Å². The number of likely N-dealkylation sites (N-methyl/N-ethyl adjacent to an activating group) is 1. The molecule has 1 fully saturated rings. The van der Waals surface area contributed by atoms with Gasteiger partial charge in [0.1, 0.15) is 4.99 Å². The number of guanidine groups is 1. The summed E-state index contributed by atoms with van der Waals surface area (Å²) >= 11 is 4.87. The quantitative estimate of drug-likeness (QED) is 0.707. The maximum absolute atomic E-state index is 11.1. The maximum Gasteiger partial charge on any atom is 0.246 e. The molecule has 0 saturated carbocycles. The lowest BCUT2D eigenvalue weighted by molar-refractivity contribution is -0.118. The Labute approximate surface area is 104 Å². The summed E-state index contributed by atoms with van der Waals surface area (Å²) in [4.78, 5) is 21.4. The Morgan fingerprint density at radius 3 is 3.06 bits per heavy atom. The lowest BCUT2D eigenvalue weighted by atomic mass is 10.2. The lowest BCUT2D eigenvalue weighted by Gasteiger charge is -2.08. The highest BCUT2D eigenvalue weighted by Gasteiger charge is 2.21. The van der Waals surface area contributed by atoms with E-state index in [4.69, 9.17) is 18.0 Å². The molecular weight excluding hydrogens is 238 g/mol. The number of carbonyl (C=O) groups excluding carboxylic acids is 1. The van der Waals surface area contributed by atoms with Crippen molar-refractivity contribution < 1.29 is 4.79 Å². The monoisotopic (exact) mass is 249 g/mol. The zero-order valence-corrected chi connectivity index (χ0v) is 9.99. The molecule has 88 valence electrons. The van der Waals surface area contributed by atoms with Gasteiger partial charge in [0.05, 0.1) is 6.54 Å². The largest absolute Gasteiger partial charge is 0.389 e. The second kappa shape index (κ2) is 4.46. The van der Waals surface area contributed by atoms with Gasteiger partial charge in [-0.1, -0.05) is 12.2 Å². The van der Waals surface area contributed by atoms with Gasteiger partial charge >= 0.3 is 0 Å². The molecule has 3 N–H and O–H groups in total. The average molecular weight is 249 g/mol. The van der Waals surface area contributed by atoms with Gasteiger partial charge in [-0.2, -0.15) is 4.99 Å². The van der Waals surface area contributed by atoms with E-state index in [0.29, 0.717) is 23.9 Å². The van der Waals surface area contributed by atoms with Crippen LogP contribution in [0.15, 0.2) is 23.3 Å². The minimum Gasteiger partial charge on any atom is -0.389 e. The molecule has 0 atom stereocenters. The first-order valence-electron chi connectivity index (χ1n) is 4.92. The molecule has 0 bridgehead atoms. The number of nitrogens with zero attached hydrogens (tertiary/aromatic N) is 3. The van der Waals surface area contributed by atoms with Gasteiger partial charge in [-0.25, -0.2) is 4.98 Å². The third-order valence-electron chi connectivity index (χ3n) is 2.24. The number of aromatic nitrogens is 1. The number of nitrogens with two attached hydrogens (primary N) is 1. The van der Waals surface area contributed by atoms with Crippen molar-refractivity contribution in [1.82, 2.24) is 15.2 Å². The molecule has 7 heteroatoms. The summed E-state index contributed by atoms with van der Waals surface area (Å²) in [5.74, 6) is 0.846. The molecule has 17 heavy (non-hydrogen) atoms. The van der Waals surface area contributed by atoms with E-state index in [9.17, 15) is 4.79 Å². The van der Waals surface area contributed by atoms with Crippen molar-refractivity contribution in [2.24, 2.45) is 10.7 Å². The normalized spacial score (nSPS) is 17.4. The van der Waals surface area contributed by atoms with E-state index in [1.807, 2.05) is 0 Å². The van der Waals surface area contributed by atoms with E-state index in [-0.39, 0.29) is 10.9 Å². The predicted molar refractivity (Wildman–Crippen MR) is 68.0 cm³/mol. The number of nitrogens with one attached hydrogen (secondary N) is 1. The third-order valence-corrected chi connectivity index (χ3v) is 2.48. The molecule has 2 rings (SSSR count). The number of hydrogen-bond donors (Lipinski definition) is 2. The van der Waals surface area contributed by atoms with Gasteiger partial charge in [0.15, 0.2) is 5.82 Å². The smallest absolute Gasteiger partial charge is 0.246 e. The fraction of sp³-hybridized carbons (Fsp3) is 0.200. The number of rotatable bonds is 2. The molecule has 0 unspecified atom stereocenters. The van der Waals surface area contributed by atoms with E-state index in [0.717, 1.165) is 0 Å². The van der Waals surface area contributed by atoms with Crippen LogP contribution in [0.25, 0.3) is 0 Å². The summed E-state index contributed by atoms with van der Waals surface area (Å²) in [5.41, 5.74) is 6.21. The molecule has 1 saturated heterocycles. The van der Waals surface area contributed by atoms with Crippen LogP contribution in [-0.2, 0) is 4.79 Å². The number of thiocarbonyl (C=S) groups is 1. The Kier molecular flexibility index (Phi) is 3.01. The zero-order chi connectivity index (χ0) is 12.4. The Bertz CT molecular complexity index is 513. The van der Waals surface area contributed by atoms with Crippen molar-refractivity contribution in [2.45, 2.75) is 0 Å². The van der Waals surface area contributed by atoms with Crippen LogP contribution in [0, 0.1) is 0 Å². The van der Waals surface area contributed by atoms with Crippen molar-refractivity contribution in [3.05, 3.63) is 23.9 Å². The first-order valence-corrected chi connectivity index (χ1v) is 5.32. The summed E-state index contributed by atoms with van der Waals surface area (Å²) in [5, 5.41) is 2.63. The van der Waals surface area contributed by atoms with Crippen molar-refractivity contribution in [1.29, 1.82) is 0 Å². The Balaban J connectivity index is 2.29. The molecule has 1 amide bonds. The standard InChI is InChI=1S/C10H11N5OS/c1-15-5-8(16)14-10(15)13-7-4-6(9(11)17)2-3-12-7/h2-4H,5H2,1H3,(H2,11,17)(H,12,13,14,16). The summed E-state index contributed by atoms with van der Waals surface area (Å²) in [6.07, 6.45) is 1.57. The van der Waals surface area contributed by atoms with Crippen molar-refractivity contribution in [3.63, 3.8) is 0 Å². The summed E-state index contributed by atoms with van der Waals surface area (Å²) < 4.78 is 0. The Morgan fingerprint density at radius 1 is 1.71 bits per heavy atom. The topological polar surface area (TPSA) is 83.6 Å². The molecule has 1 aromatic rings. The molecule has 0 aliphatic carbocycles. The number of hydrogen-bond acceptors (Lipinski definition) is 4. The van der Waals surface area contributed by atoms with Crippen LogP contribution < -0.4 is 11.1 Å². The predicted octanol–water partition coefficient (Wildman–Crippen LogP) is -0.235. The van der Waals surface area contributed by atoms with E-state index in [2.05, 4.69) is 15.3 Å². The molecular formula is C10H11N5OS. The fourth-order valence-corrected chi connectivity index (χ4v) is 1.53. The van der Waals surface area contributed by atoms with Crippen LogP contribution in [0.3, 0.4) is 0 Å². The molecule has 1 aromatic heterocycles. The van der Waals surface area contributed by atoms with Crippen LogP contribution in [0.4, 0.5) is 5.82 Å². The van der Waals surface area contributed by atoms with Gasteiger partial charge in [0, 0.05) is 18.8 Å². The van der Waals surface area contributed by atoms with Gasteiger partial charge in [0.2, 0.25) is 11.9 Å². The number of amides is 1. The molecule has 0 radical (unpaired) electrons. The minimum absolute atomic E-state index is 0.0863. The van der Waals surface area contributed by atoms with Crippen LogP contribution in [-0.4, -0.2) is 40.3 Å². The number of aliphatic imine (C=N–C) groups is 1. The first-order chi connectivity index (χ1) is 8.06. The number of carbonyl (C=O) groups is 1. The van der Waals surface area contributed by atoms with Gasteiger partial charge in [0.25, 0.3) is 0 Å². The minimum atomic E-state index is -0.0863. The lowest BCUT2D eigenvalue weighted by Crippen LogP contribution is -2.26. The van der Waals surface area contributed by atoms with Gasteiger partial charge < -0.3 is 10.6 Å². The number of pyridine rings is 1. The van der Waals surface area contributed by atoms with Gasteiger partial charge in [-0.3, -0.25) is 10.1 Å². The molecule has 6 nitrogen and oxygen atoms in total. The van der Waals surface area contributed by atoms with Crippen LogP contribution >= 0.6 is 12.2 Å². The second-order valence-electron chi connectivity index (χ2n) is 3.61. The van der Waals surface area contributed by atoms with Crippen molar-refractivity contribution in [2.75, 3.05) is 13.6 Å². The van der Waals surface area contributed by atoms with Crippen molar-refractivity contribution in [3.8, 4) is 0 Å². The van der Waals surface area contributed by atoms with E-state index >= 15 is 0 Å². The molecule has 2 heterocycles. The average Bonchev–Trinajstić information content (AvgIpc) is 2.58. The van der Waals surface area contributed by atoms with Crippen LogP contribution in [0.1, 0.15) is 5.56 Å². The molecule has 0 aromatic carbocycles. The molecule has 1 aliphatic rings. The Morgan fingerprint density at radius 2 is 2.47 bits per heavy atom. The van der Waals surface area contributed by atoms with E-state index < -0.39 is 0 Å². The fourth-order valence-electron chi connectivity index (χ4n) is 1.40. The highest BCUT2D eigenvalue weighted by atomic mass is 32.1. The summed E-state index contributed by atoms with van der Waals surface area (Å²) in [7, 11) is 1.77. The van der Waals surface area contributed by atoms with E-state index in [1.54, 1.807) is 30.3 Å². The SMILES string of the molecule is CN1CC(=O)NC1=Nc1cc(C(N)=S)ccn1. The van der Waals surface area contributed by atoms with E-state index in [1.165, 1.54) is 0 Å². The summed E-state index contributed by atoms with van der Waals surface area (Å²) in [6.45, 7) is 0.299.